The Balaban J connectivity index is 0.00000240. The summed E-state index contributed by atoms with van der Waals surface area (Å²) in [6.45, 7) is 5.86. The standard InChI is InChI=1S/C22H31N5O.HI/c1-3-23-22(25-20-14-19-11-12-21(20)28-19)24-13-7-8-17-15-27(26-16(17)2)18-9-5-4-6-10-18;/h4-6,9-10,15,19-21H,3,7-8,11-14H2,1-2H3,(H2,23,24,25);1H. The number of hydrogen-bond donors (Lipinski definition) is 2. The number of aliphatic imine (C=N–C) groups is 1. The molecule has 2 aliphatic heterocycles. The molecule has 3 heterocycles. The van der Waals surface area contributed by atoms with E-state index in [4.69, 9.17) is 9.73 Å². The van der Waals surface area contributed by atoms with Crippen molar-refractivity contribution in [3.63, 3.8) is 0 Å². The molecule has 6 nitrogen and oxygen atoms in total. The highest BCUT2D eigenvalue weighted by Crippen LogP contribution is 2.34. The average Bonchev–Trinajstić information content (AvgIpc) is 3.42. The minimum absolute atomic E-state index is 0. The summed E-state index contributed by atoms with van der Waals surface area (Å²) in [6, 6.07) is 10.7. The second-order valence-corrected chi connectivity index (χ2v) is 7.74. The van der Waals surface area contributed by atoms with Crippen molar-refractivity contribution < 1.29 is 4.74 Å². The Kier molecular flexibility index (Phi) is 7.94. The van der Waals surface area contributed by atoms with Crippen molar-refractivity contribution in [2.24, 2.45) is 4.99 Å². The Hall–Kier alpha value is -1.61. The molecule has 2 N–H and O–H groups in total. The van der Waals surface area contributed by atoms with E-state index in [0.717, 1.165) is 49.7 Å². The van der Waals surface area contributed by atoms with E-state index in [9.17, 15) is 0 Å². The molecule has 158 valence electrons. The number of nitrogens with zero attached hydrogens (tertiary/aromatic N) is 3. The van der Waals surface area contributed by atoms with Gasteiger partial charge in [-0.25, -0.2) is 4.68 Å². The zero-order valence-electron chi connectivity index (χ0n) is 17.3. The van der Waals surface area contributed by atoms with E-state index in [1.54, 1.807) is 0 Å². The van der Waals surface area contributed by atoms with E-state index in [2.05, 4.69) is 47.9 Å². The fourth-order valence-electron chi connectivity index (χ4n) is 4.20. The number of aromatic nitrogens is 2. The number of halogens is 1. The largest absolute Gasteiger partial charge is 0.373 e. The summed E-state index contributed by atoms with van der Waals surface area (Å²) in [5, 5.41) is 11.6. The maximum atomic E-state index is 5.94. The van der Waals surface area contributed by atoms with Crippen molar-refractivity contribution >= 4 is 29.9 Å². The normalized spacial score (nSPS) is 23.1. The lowest BCUT2D eigenvalue weighted by molar-refractivity contribution is 0.0992. The lowest BCUT2D eigenvalue weighted by Crippen LogP contribution is -2.47. The van der Waals surface area contributed by atoms with Crippen LogP contribution in [0.4, 0.5) is 0 Å². The predicted octanol–water partition coefficient (Wildman–Crippen LogP) is 3.61. The zero-order valence-corrected chi connectivity index (χ0v) is 19.6. The van der Waals surface area contributed by atoms with Crippen LogP contribution in [0.25, 0.3) is 5.69 Å². The number of ether oxygens (including phenoxy) is 1. The van der Waals surface area contributed by atoms with Crippen molar-refractivity contribution in [2.75, 3.05) is 13.1 Å². The van der Waals surface area contributed by atoms with Crippen LogP contribution in [0.3, 0.4) is 0 Å². The summed E-state index contributed by atoms with van der Waals surface area (Å²) in [5.41, 5.74) is 3.48. The van der Waals surface area contributed by atoms with Crippen LogP contribution in [0.15, 0.2) is 41.5 Å². The Morgan fingerprint density at radius 1 is 1.28 bits per heavy atom. The third-order valence-corrected chi connectivity index (χ3v) is 5.67. The number of fused-ring (bicyclic) bond motifs is 2. The molecule has 0 spiro atoms. The minimum Gasteiger partial charge on any atom is -0.373 e. The van der Waals surface area contributed by atoms with Crippen LogP contribution in [0, 0.1) is 6.92 Å². The van der Waals surface area contributed by atoms with E-state index >= 15 is 0 Å². The van der Waals surface area contributed by atoms with Gasteiger partial charge in [0.15, 0.2) is 5.96 Å². The third-order valence-electron chi connectivity index (χ3n) is 5.67. The molecule has 3 unspecified atom stereocenters. The summed E-state index contributed by atoms with van der Waals surface area (Å²) >= 11 is 0. The molecule has 2 fully saturated rings. The van der Waals surface area contributed by atoms with E-state index in [0.29, 0.717) is 18.2 Å². The second kappa shape index (κ2) is 10.4. The van der Waals surface area contributed by atoms with Crippen molar-refractivity contribution in [3.05, 3.63) is 47.8 Å². The van der Waals surface area contributed by atoms with E-state index < -0.39 is 0 Å². The van der Waals surface area contributed by atoms with Crippen LogP contribution >= 0.6 is 24.0 Å². The average molecular weight is 509 g/mol. The Morgan fingerprint density at radius 2 is 2.10 bits per heavy atom. The molecule has 7 heteroatoms. The van der Waals surface area contributed by atoms with E-state index in [1.807, 2.05) is 22.9 Å². The molecule has 4 rings (SSSR count). The first-order valence-corrected chi connectivity index (χ1v) is 10.5. The molecule has 0 aliphatic carbocycles. The summed E-state index contributed by atoms with van der Waals surface area (Å²) in [6.07, 6.45) is 8.44. The van der Waals surface area contributed by atoms with Crippen LogP contribution in [0.5, 0.6) is 0 Å². The van der Waals surface area contributed by atoms with E-state index in [-0.39, 0.29) is 24.0 Å². The highest BCUT2D eigenvalue weighted by atomic mass is 127. The number of guanidine groups is 1. The quantitative estimate of drug-likeness (QED) is 0.259. The Labute approximate surface area is 190 Å². The van der Waals surface area contributed by atoms with Crippen LogP contribution in [0.1, 0.15) is 43.9 Å². The van der Waals surface area contributed by atoms with Gasteiger partial charge in [-0.2, -0.15) is 5.10 Å². The zero-order chi connectivity index (χ0) is 19.3. The van der Waals surface area contributed by atoms with Crippen LogP contribution < -0.4 is 10.6 Å². The molecular formula is C22H32IN5O. The molecule has 2 aliphatic rings. The molecule has 0 saturated carbocycles. The topological polar surface area (TPSA) is 63.5 Å². The molecule has 2 bridgehead atoms. The molecule has 29 heavy (non-hydrogen) atoms. The summed E-state index contributed by atoms with van der Waals surface area (Å²) in [5.74, 6) is 0.917. The number of hydrogen-bond acceptors (Lipinski definition) is 3. The van der Waals surface area contributed by atoms with Gasteiger partial charge in [-0.1, -0.05) is 18.2 Å². The van der Waals surface area contributed by atoms with Gasteiger partial charge in [0.25, 0.3) is 0 Å². The van der Waals surface area contributed by atoms with Gasteiger partial charge in [-0.3, -0.25) is 4.99 Å². The maximum absolute atomic E-state index is 5.94. The molecule has 0 amide bonds. The lowest BCUT2D eigenvalue weighted by Gasteiger charge is -2.22. The number of rotatable bonds is 7. The van der Waals surface area contributed by atoms with Gasteiger partial charge in [0.2, 0.25) is 0 Å². The van der Waals surface area contributed by atoms with Gasteiger partial charge in [0, 0.05) is 19.3 Å². The van der Waals surface area contributed by atoms with Crippen molar-refractivity contribution in [1.82, 2.24) is 20.4 Å². The molecule has 1 aromatic heterocycles. The second-order valence-electron chi connectivity index (χ2n) is 7.74. The summed E-state index contributed by atoms with van der Waals surface area (Å²) in [7, 11) is 0. The first kappa shape index (κ1) is 22.1. The SMILES string of the molecule is CCNC(=NCCCc1cn(-c2ccccc2)nc1C)NC1CC2CCC1O2.I. The number of aryl methyl sites for hydroxylation is 2. The Bertz CT molecular complexity index is 807. The van der Waals surface area contributed by atoms with Gasteiger partial charge < -0.3 is 15.4 Å². The van der Waals surface area contributed by atoms with Crippen LogP contribution in [0.2, 0.25) is 0 Å². The van der Waals surface area contributed by atoms with Gasteiger partial charge >= 0.3 is 0 Å². The molecule has 3 atom stereocenters. The monoisotopic (exact) mass is 509 g/mol. The number of nitrogens with one attached hydrogen (secondary N) is 2. The maximum Gasteiger partial charge on any atom is 0.191 e. The lowest BCUT2D eigenvalue weighted by atomic mass is 9.96. The van der Waals surface area contributed by atoms with Crippen molar-refractivity contribution in [3.8, 4) is 5.69 Å². The van der Waals surface area contributed by atoms with Crippen molar-refractivity contribution in [2.45, 2.75) is 64.2 Å². The molecule has 0 radical (unpaired) electrons. The molecule has 1 aromatic carbocycles. The number of benzene rings is 1. The molecule has 2 saturated heterocycles. The highest BCUT2D eigenvalue weighted by molar-refractivity contribution is 14.0. The third kappa shape index (κ3) is 5.51. The van der Waals surface area contributed by atoms with E-state index in [1.165, 1.54) is 18.4 Å². The first-order valence-electron chi connectivity index (χ1n) is 10.5. The van der Waals surface area contributed by atoms with Crippen molar-refractivity contribution in [1.29, 1.82) is 0 Å². The molecule has 2 aromatic rings. The fourth-order valence-corrected chi connectivity index (χ4v) is 4.20. The summed E-state index contributed by atoms with van der Waals surface area (Å²) < 4.78 is 7.91. The van der Waals surface area contributed by atoms with Crippen LogP contribution in [-0.4, -0.2) is 47.1 Å². The number of para-hydroxylation sites is 1. The summed E-state index contributed by atoms with van der Waals surface area (Å²) in [4.78, 5) is 4.78. The minimum atomic E-state index is 0. The highest BCUT2D eigenvalue weighted by Gasteiger charge is 2.41. The van der Waals surface area contributed by atoms with Crippen LogP contribution in [-0.2, 0) is 11.2 Å². The van der Waals surface area contributed by atoms with Gasteiger partial charge in [0.05, 0.1) is 29.6 Å². The molecular weight excluding hydrogens is 477 g/mol. The predicted molar refractivity (Wildman–Crippen MR) is 127 cm³/mol. The van der Waals surface area contributed by atoms with Gasteiger partial charge in [0.1, 0.15) is 0 Å². The van der Waals surface area contributed by atoms with Gasteiger partial charge in [-0.15, -0.1) is 24.0 Å². The first-order chi connectivity index (χ1) is 13.7. The fraction of sp³-hybridized carbons (Fsp3) is 0.545. The van der Waals surface area contributed by atoms with Gasteiger partial charge in [-0.05, 0) is 63.6 Å². The Morgan fingerprint density at radius 3 is 2.79 bits per heavy atom. The smallest absolute Gasteiger partial charge is 0.191 e.